The molecule has 0 heterocycles. The summed E-state index contributed by atoms with van der Waals surface area (Å²) in [6.07, 6.45) is 4.89. The quantitative estimate of drug-likeness (QED) is 0.781. The Morgan fingerprint density at radius 2 is 2.19 bits per heavy atom. The van der Waals surface area contributed by atoms with Crippen LogP contribution in [0.1, 0.15) is 37.3 Å². The normalized spacial score (nSPS) is 10.1. The summed E-state index contributed by atoms with van der Waals surface area (Å²) in [4.78, 5) is 11.2. The standard InChI is InChI=1S/C14H20NO/c1-3-4-7-12-8-5-6-9-13(12)10-11-14(16)15-2/h5,8-9H,3-4,7,10-11H2,1-2H3,(H,15,16). The van der Waals surface area contributed by atoms with Crippen molar-refractivity contribution in [3.63, 3.8) is 0 Å². The van der Waals surface area contributed by atoms with E-state index in [1.165, 1.54) is 24.0 Å². The average molecular weight is 218 g/mol. The van der Waals surface area contributed by atoms with Gasteiger partial charge in [0.2, 0.25) is 5.91 Å². The Labute approximate surface area is 98.1 Å². The second-order valence-electron chi connectivity index (χ2n) is 3.97. The number of carbonyl (C=O) groups is 1. The number of benzene rings is 1. The van der Waals surface area contributed by atoms with Crippen LogP contribution in [0.4, 0.5) is 0 Å². The molecule has 0 unspecified atom stereocenters. The lowest BCUT2D eigenvalue weighted by atomic mass is 9.98. The second-order valence-corrected chi connectivity index (χ2v) is 3.97. The molecule has 2 heteroatoms. The van der Waals surface area contributed by atoms with Gasteiger partial charge >= 0.3 is 0 Å². The zero-order chi connectivity index (χ0) is 11.8. The first-order chi connectivity index (χ1) is 7.77. The van der Waals surface area contributed by atoms with Crippen molar-refractivity contribution >= 4 is 5.91 Å². The molecular weight excluding hydrogens is 198 g/mol. The molecule has 87 valence electrons. The highest BCUT2D eigenvalue weighted by Crippen LogP contribution is 2.13. The Morgan fingerprint density at radius 1 is 1.38 bits per heavy atom. The summed E-state index contributed by atoms with van der Waals surface area (Å²) in [5.41, 5.74) is 2.63. The third-order valence-electron chi connectivity index (χ3n) is 2.75. The molecule has 0 bridgehead atoms. The zero-order valence-corrected chi connectivity index (χ0v) is 10.2. The lowest BCUT2D eigenvalue weighted by Crippen LogP contribution is -2.18. The molecule has 0 spiro atoms. The van der Waals surface area contributed by atoms with Gasteiger partial charge in [-0.2, -0.15) is 0 Å². The van der Waals surface area contributed by atoms with Gasteiger partial charge in [0, 0.05) is 13.5 Å². The molecule has 1 N–H and O–H groups in total. The van der Waals surface area contributed by atoms with Gasteiger partial charge in [0.15, 0.2) is 0 Å². The lowest BCUT2D eigenvalue weighted by Gasteiger charge is -2.08. The average Bonchev–Trinajstić information content (AvgIpc) is 2.34. The number of carbonyl (C=O) groups excluding carboxylic acids is 1. The molecule has 1 aromatic rings. The van der Waals surface area contributed by atoms with Crippen LogP contribution in [0.15, 0.2) is 18.2 Å². The molecule has 1 rings (SSSR count). The van der Waals surface area contributed by atoms with Gasteiger partial charge in [-0.15, -0.1) is 0 Å². The van der Waals surface area contributed by atoms with E-state index in [1.807, 2.05) is 12.1 Å². The first kappa shape index (κ1) is 12.8. The maximum absolute atomic E-state index is 11.2. The number of unbranched alkanes of at least 4 members (excludes halogenated alkanes) is 1. The Balaban J connectivity index is 2.59. The molecule has 0 atom stereocenters. The summed E-state index contributed by atoms with van der Waals surface area (Å²) in [5, 5.41) is 2.65. The third kappa shape index (κ3) is 4.05. The first-order valence-electron chi connectivity index (χ1n) is 5.96. The predicted octanol–water partition coefficient (Wildman–Crippen LogP) is 2.51. The van der Waals surface area contributed by atoms with Crippen LogP contribution in [0.3, 0.4) is 0 Å². The topological polar surface area (TPSA) is 29.1 Å². The van der Waals surface area contributed by atoms with Gasteiger partial charge in [0.05, 0.1) is 0 Å². The van der Waals surface area contributed by atoms with Crippen LogP contribution in [-0.4, -0.2) is 13.0 Å². The maximum atomic E-state index is 11.2. The minimum Gasteiger partial charge on any atom is -0.359 e. The molecule has 1 amide bonds. The molecular formula is C14H20NO. The third-order valence-corrected chi connectivity index (χ3v) is 2.75. The summed E-state index contributed by atoms with van der Waals surface area (Å²) in [5.74, 6) is 0.102. The number of hydrogen-bond acceptors (Lipinski definition) is 1. The van der Waals surface area contributed by atoms with E-state index in [2.05, 4.69) is 24.4 Å². The second kappa shape index (κ2) is 7.04. The van der Waals surface area contributed by atoms with E-state index in [9.17, 15) is 4.79 Å². The highest BCUT2D eigenvalue weighted by Gasteiger charge is 2.04. The minimum atomic E-state index is 0.102. The van der Waals surface area contributed by atoms with Gasteiger partial charge in [-0.3, -0.25) is 4.79 Å². The first-order valence-corrected chi connectivity index (χ1v) is 5.96. The van der Waals surface area contributed by atoms with Crippen LogP contribution >= 0.6 is 0 Å². The van der Waals surface area contributed by atoms with Crippen molar-refractivity contribution in [2.45, 2.75) is 39.0 Å². The molecule has 2 nitrogen and oxygen atoms in total. The molecule has 1 aromatic carbocycles. The molecule has 0 fully saturated rings. The van der Waals surface area contributed by atoms with Crippen molar-refractivity contribution in [3.8, 4) is 0 Å². The number of nitrogens with one attached hydrogen (secondary N) is 1. The summed E-state index contributed by atoms with van der Waals surface area (Å²) in [6.45, 7) is 2.19. The van der Waals surface area contributed by atoms with Gasteiger partial charge in [0.1, 0.15) is 0 Å². The smallest absolute Gasteiger partial charge is 0.220 e. The molecule has 0 saturated heterocycles. The van der Waals surface area contributed by atoms with Crippen LogP contribution in [0.25, 0.3) is 0 Å². The fraction of sp³-hybridized carbons (Fsp3) is 0.500. The summed E-state index contributed by atoms with van der Waals surface area (Å²) in [6, 6.07) is 9.17. The lowest BCUT2D eigenvalue weighted by molar-refractivity contribution is -0.120. The van der Waals surface area contributed by atoms with E-state index >= 15 is 0 Å². The van der Waals surface area contributed by atoms with Crippen LogP contribution in [-0.2, 0) is 17.6 Å². The zero-order valence-electron chi connectivity index (χ0n) is 10.2. The van der Waals surface area contributed by atoms with E-state index in [0.717, 1.165) is 12.8 Å². The van der Waals surface area contributed by atoms with Crippen LogP contribution in [0.5, 0.6) is 0 Å². The number of rotatable bonds is 6. The van der Waals surface area contributed by atoms with Gasteiger partial charge < -0.3 is 5.32 Å². The largest absolute Gasteiger partial charge is 0.359 e. The maximum Gasteiger partial charge on any atom is 0.220 e. The highest BCUT2D eigenvalue weighted by molar-refractivity contribution is 5.75. The van der Waals surface area contributed by atoms with Gasteiger partial charge in [-0.05, 0) is 36.5 Å². The van der Waals surface area contributed by atoms with Crippen molar-refractivity contribution in [2.75, 3.05) is 7.05 Å². The van der Waals surface area contributed by atoms with Crippen LogP contribution in [0, 0.1) is 6.07 Å². The van der Waals surface area contributed by atoms with Crippen LogP contribution < -0.4 is 5.32 Å². The summed E-state index contributed by atoms with van der Waals surface area (Å²) >= 11 is 0. The van der Waals surface area contributed by atoms with E-state index < -0.39 is 0 Å². The van der Waals surface area contributed by atoms with E-state index in [-0.39, 0.29) is 5.91 Å². The van der Waals surface area contributed by atoms with Crippen molar-refractivity contribution in [2.24, 2.45) is 0 Å². The summed E-state index contributed by atoms with van der Waals surface area (Å²) in [7, 11) is 1.68. The predicted molar refractivity (Wildman–Crippen MR) is 66.3 cm³/mol. The molecule has 1 radical (unpaired) electrons. The van der Waals surface area contributed by atoms with Crippen molar-refractivity contribution in [1.29, 1.82) is 0 Å². The molecule has 16 heavy (non-hydrogen) atoms. The number of aryl methyl sites for hydroxylation is 2. The van der Waals surface area contributed by atoms with Crippen LogP contribution in [0.2, 0.25) is 0 Å². The fourth-order valence-electron chi connectivity index (χ4n) is 1.71. The number of amides is 1. The van der Waals surface area contributed by atoms with Gasteiger partial charge in [-0.25, -0.2) is 0 Å². The Hall–Kier alpha value is -1.31. The Kier molecular flexibility index (Phi) is 5.62. The van der Waals surface area contributed by atoms with E-state index in [4.69, 9.17) is 0 Å². The Bertz CT molecular complexity index is 333. The SMILES string of the molecule is CCCCc1cc[c]cc1CCC(=O)NC. The highest BCUT2D eigenvalue weighted by atomic mass is 16.1. The van der Waals surface area contributed by atoms with Gasteiger partial charge in [-0.1, -0.05) is 31.5 Å². The molecule has 0 aliphatic carbocycles. The Morgan fingerprint density at radius 3 is 2.88 bits per heavy atom. The number of hydrogen-bond donors (Lipinski definition) is 1. The van der Waals surface area contributed by atoms with Gasteiger partial charge in [0.25, 0.3) is 0 Å². The van der Waals surface area contributed by atoms with E-state index in [1.54, 1.807) is 7.05 Å². The molecule has 0 aliphatic rings. The van der Waals surface area contributed by atoms with Crippen molar-refractivity contribution in [3.05, 3.63) is 35.4 Å². The summed E-state index contributed by atoms with van der Waals surface area (Å²) < 4.78 is 0. The van der Waals surface area contributed by atoms with E-state index in [0.29, 0.717) is 6.42 Å². The minimum absolute atomic E-state index is 0.102. The van der Waals surface area contributed by atoms with Crippen molar-refractivity contribution < 1.29 is 4.79 Å². The van der Waals surface area contributed by atoms with Crippen molar-refractivity contribution in [1.82, 2.24) is 5.32 Å². The molecule has 0 aliphatic heterocycles. The molecule has 0 saturated carbocycles. The monoisotopic (exact) mass is 218 g/mol. The fourth-order valence-corrected chi connectivity index (χ4v) is 1.71. The molecule has 0 aromatic heterocycles.